The zero-order valence-corrected chi connectivity index (χ0v) is 4.16. The molecular formula is H2KNO6S. The molecule has 0 aromatic carbocycles. The fraction of sp³-hybridized carbons (Fsp3) is 0. The van der Waals surface area contributed by atoms with E-state index in [0.29, 0.717) is 0 Å². The van der Waals surface area contributed by atoms with Crippen molar-refractivity contribution >= 4 is 61.8 Å². The van der Waals surface area contributed by atoms with Crippen molar-refractivity contribution in [1.82, 2.24) is 0 Å². The molecule has 7 nitrogen and oxygen atoms in total. The summed E-state index contributed by atoms with van der Waals surface area (Å²) >= 11 is 0. The summed E-state index contributed by atoms with van der Waals surface area (Å²) in [6, 6.07) is 0. The van der Waals surface area contributed by atoms with Gasteiger partial charge in [-0.3, -0.25) is 4.55 Å². The van der Waals surface area contributed by atoms with Crippen LogP contribution in [0.25, 0.3) is 0 Å². The van der Waals surface area contributed by atoms with Crippen LogP contribution in [0.1, 0.15) is 0 Å². The average molecular weight is 183 g/mol. The Morgan fingerprint density at radius 3 is 1.89 bits per heavy atom. The van der Waals surface area contributed by atoms with Gasteiger partial charge in [-0.05, 0) is 0 Å². The SMILES string of the molecule is O=[N+]([O-])OS(=O)(=O)O.[KH]. The third-order valence-corrected chi connectivity index (χ3v) is 0.465. The topological polar surface area (TPSA) is 107 Å². The van der Waals surface area contributed by atoms with E-state index in [-0.39, 0.29) is 51.4 Å². The summed E-state index contributed by atoms with van der Waals surface area (Å²) in [6.45, 7) is 0. The molecule has 9 heavy (non-hydrogen) atoms. The number of hydrogen-bond donors (Lipinski definition) is 1. The van der Waals surface area contributed by atoms with E-state index in [1.807, 2.05) is 0 Å². The number of nitrogens with zero attached hydrogens (tertiary/aromatic N) is 1. The van der Waals surface area contributed by atoms with Crippen molar-refractivity contribution in [2.24, 2.45) is 0 Å². The van der Waals surface area contributed by atoms with E-state index in [1.54, 1.807) is 0 Å². The third kappa shape index (κ3) is 12.1. The van der Waals surface area contributed by atoms with Gasteiger partial charge >= 0.3 is 66.9 Å². The van der Waals surface area contributed by atoms with Crippen LogP contribution >= 0.6 is 0 Å². The van der Waals surface area contributed by atoms with Crippen LogP contribution in [0.3, 0.4) is 0 Å². The van der Waals surface area contributed by atoms with Crippen LogP contribution in [0.2, 0.25) is 0 Å². The zero-order chi connectivity index (χ0) is 6.78. The van der Waals surface area contributed by atoms with Crippen molar-refractivity contribution in [2.45, 2.75) is 0 Å². The molecule has 0 rings (SSSR count). The molecule has 1 N–H and O–H groups in total. The van der Waals surface area contributed by atoms with Gasteiger partial charge in [0.15, 0.2) is 0 Å². The Morgan fingerprint density at radius 2 is 1.89 bits per heavy atom. The summed E-state index contributed by atoms with van der Waals surface area (Å²) < 4.78 is 28.9. The first-order valence-corrected chi connectivity index (χ1v) is 2.60. The molecule has 0 aromatic rings. The molecular weight excluding hydrogens is 181 g/mol. The van der Waals surface area contributed by atoms with Crippen LogP contribution in [0, 0.1) is 10.1 Å². The Balaban J connectivity index is 0. The summed E-state index contributed by atoms with van der Waals surface area (Å²) in [5.41, 5.74) is 0. The molecule has 0 heterocycles. The van der Waals surface area contributed by atoms with Crippen molar-refractivity contribution < 1.29 is 22.3 Å². The number of rotatable bonds is 2. The number of hydrogen-bond acceptors (Lipinski definition) is 5. The Labute approximate surface area is 92.9 Å². The fourth-order valence-electron chi connectivity index (χ4n) is 0.0769. The Kier molecular flexibility index (Phi) is 6.27. The quantitative estimate of drug-likeness (QED) is 0.238. The van der Waals surface area contributed by atoms with Gasteiger partial charge in [0.25, 0.3) is 0 Å². The summed E-state index contributed by atoms with van der Waals surface area (Å²) in [6.07, 6.45) is 0. The monoisotopic (exact) mass is 183 g/mol. The van der Waals surface area contributed by atoms with Gasteiger partial charge in [0.2, 0.25) is 0 Å². The molecule has 0 unspecified atom stereocenters. The molecule has 0 spiro atoms. The summed E-state index contributed by atoms with van der Waals surface area (Å²) in [5.74, 6) is 0. The van der Waals surface area contributed by atoms with Crippen LogP contribution < -0.4 is 0 Å². The summed E-state index contributed by atoms with van der Waals surface area (Å²) in [5, 5.41) is 7.43. The molecule has 0 radical (unpaired) electrons. The van der Waals surface area contributed by atoms with Gasteiger partial charge in [-0.2, -0.15) is 12.7 Å². The molecule has 0 aromatic heterocycles. The minimum absolute atomic E-state index is 0. The van der Waals surface area contributed by atoms with E-state index in [2.05, 4.69) is 4.28 Å². The molecule has 0 amide bonds. The van der Waals surface area contributed by atoms with Crippen LogP contribution in [-0.4, -0.2) is 69.4 Å². The molecule has 0 saturated carbocycles. The third-order valence-electron chi connectivity index (χ3n) is 0.155. The second kappa shape index (κ2) is 4.54. The predicted molar refractivity (Wildman–Crippen MR) is 26.8 cm³/mol. The molecule has 0 aliphatic carbocycles. The molecule has 0 saturated heterocycles. The first-order valence-electron chi connectivity index (χ1n) is 1.23. The molecule has 9 heteroatoms. The van der Waals surface area contributed by atoms with Gasteiger partial charge in [0.05, 0.1) is 0 Å². The molecule has 50 valence electrons. The van der Waals surface area contributed by atoms with Crippen molar-refractivity contribution in [3.8, 4) is 0 Å². The standard InChI is InChI=1S/K.HNO6S.H/c;2-1(3)7-8(4,5)6;/h;(H,4,5,6);. The van der Waals surface area contributed by atoms with Gasteiger partial charge in [0.1, 0.15) is 0 Å². The van der Waals surface area contributed by atoms with Crippen LogP contribution in [0.5, 0.6) is 0 Å². The Hall–Kier alpha value is 0.746. The van der Waals surface area contributed by atoms with E-state index in [9.17, 15) is 8.42 Å². The van der Waals surface area contributed by atoms with Crippen molar-refractivity contribution in [1.29, 1.82) is 0 Å². The van der Waals surface area contributed by atoms with Gasteiger partial charge in [-0.1, -0.05) is 0 Å². The van der Waals surface area contributed by atoms with Crippen molar-refractivity contribution in [2.75, 3.05) is 0 Å². The van der Waals surface area contributed by atoms with Crippen LogP contribution in [0.4, 0.5) is 0 Å². The second-order valence-corrected chi connectivity index (χ2v) is 1.73. The molecule has 0 bridgehead atoms. The van der Waals surface area contributed by atoms with Crippen LogP contribution in [-0.2, 0) is 14.7 Å². The predicted octanol–water partition coefficient (Wildman–Crippen LogP) is -1.65. The first kappa shape index (κ1) is 12.4. The second-order valence-electron chi connectivity index (χ2n) is 0.726. The van der Waals surface area contributed by atoms with Gasteiger partial charge in [-0.25, -0.2) is 0 Å². The Bertz CT molecular complexity index is 179. The zero-order valence-electron chi connectivity index (χ0n) is 3.34. The molecule has 0 fully saturated rings. The fourth-order valence-corrected chi connectivity index (χ4v) is 0.231. The van der Waals surface area contributed by atoms with E-state index in [4.69, 9.17) is 14.7 Å². The molecule has 0 aliphatic heterocycles. The molecule has 0 aliphatic rings. The van der Waals surface area contributed by atoms with Crippen LogP contribution in [0.15, 0.2) is 0 Å². The van der Waals surface area contributed by atoms with E-state index < -0.39 is 15.5 Å². The van der Waals surface area contributed by atoms with Crippen molar-refractivity contribution in [3.63, 3.8) is 0 Å². The van der Waals surface area contributed by atoms with Gasteiger partial charge in [-0.15, -0.1) is 10.1 Å². The van der Waals surface area contributed by atoms with Gasteiger partial charge < -0.3 is 0 Å². The molecule has 0 atom stereocenters. The maximum absolute atomic E-state index is 9.33. The van der Waals surface area contributed by atoms with E-state index >= 15 is 0 Å². The average Bonchev–Trinajstić information content (AvgIpc) is 1.21. The minimum atomic E-state index is -4.92. The normalized spacial score (nSPS) is 9.44. The summed E-state index contributed by atoms with van der Waals surface area (Å²) in [4.78, 5) is 9.06. The van der Waals surface area contributed by atoms with Gasteiger partial charge in [0, 0.05) is 0 Å². The van der Waals surface area contributed by atoms with Crippen molar-refractivity contribution in [3.05, 3.63) is 10.1 Å². The maximum atomic E-state index is 9.33. The first-order chi connectivity index (χ1) is 3.42. The van der Waals surface area contributed by atoms with E-state index in [1.165, 1.54) is 0 Å². The van der Waals surface area contributed by atoms with E-state index in [0.717, 1.165) is 0 Å². The summed E-state index contributed by atoms with van der Waals surface area (Å²) in [7, 11) is -4.92. The Morgan fingerprint density at radius 1 is 1.56 bits per heavy atom.